The first-order valence-electron chi connectivity index (χ1n) is 11.6. The minimum atomic E-state index is -1.00. The van der Waals surface area contributed by atoms with Gasteiger partial charge in [0.15, 0.2) is 0 Å². The van der Waals surface area contributed by atoms with E-state index >= 15 is 0 Å². The third-order valence-electron chi connectivity index (χ3n) is 6.36. The number of carboxylic acids is 1. The zero-order valence-corrected chi connectivity index (χ0v) is 21.4. The normalized spacial score (nSPS) is 18.1. The highest BCUT2D eigenvalue weighted by Gasteiger charge is 2.33. The Hall–Kier alpha value is -2.64. The van der Waals surface area contributed by atoms with Crippen LogP contribution in [0.25, 0.3) is 6.08 Å². The summed E-state index contributed by atoms with van der Waals surface area (Å²) in [5, 5.41) is 18.8. The van der Waals surface area contributed by atoms with Crippen LogP contribution in [-0.4, -0.2) is 50.4 Å². The van der Waals surface area contributed by atoms with Crippen molar-refractivity contribution in [3.8, 4) is 6.07 Å². The summed E-state index contributed by atoms with van der Waals surface area (Å²) in [7, 11) is 0. The van der Waals surface area contributed by atoms with Crippen LogP contribution in [0.3, 0.4) is 0 Å². The molecular formula is C24H30N4O4S2. The van der Waals surface area contributed by atoms with Crippen molar-refractivity contribution in [3.63, 3.8) is 0 Å². The highest BCUT2D eigenvalue weighted by atomic mass is 32.2. The second-order valence-electron chi connectivity index (χ2n) is 8.81. The molecule has 1 aromatic heterocycles. The van der Waals surface area contributed by atoms with Crippen molar-refractivity contribution >= 4 is 52.1 Å². The maximum atomic E-state index is 13.3. The van der Waals surface area contributed by atoms with Crippen LogP contribution in [0.2, 0.25) is 0 Å². The molecule has 2 aliphatic heterocycles. The summed E-state index contributed by atoms with van der Waals surface area (Å²) in [6.07, 6.45) is 5.22. The summed E-state index contributed by atoms with van der Waals surface area (Å²) in [5.74, 6) is -0.00559. The number of unbranched alkanes of at least 4 members (excludes halogenated alkanes) is 1. The molecular weight excluding hydrogens is 472 g/mol. The van der Waals surface area contributed by atoms with Crippen LogP contribution >= 0.6 is 24.0 Å². The average molecular weight is 503 g/mol. The Bertz CT molecular complexity index is 1130. The predicted octanol–water partition coefficient (Wildman–Crippen LogP) is 3.74. The topological polar surface area (TPSA) is 107 Å². The summed E-state index contributed by atoms with van der Waals surface area (Å²) in [5.41, 5.74) is 1.01. The fraction of sp³-hybridized carbons (Fsp3) is 0.542. The Morgan fingerprint density at radius 3 is 2.56 bits per heavy atom. The number of hydrogen-bond donors (Lipinski definition) is 1. The molecule has 1 N–H and O–H groups in total. The Morgan fingerprint density at radius 1 is 1.29 bits per heavy atom. The number of aromatic nitrogens is 1. The van der Waals surface area contributed by atoms with Gasteiger partial charge in [0, 0.05) is 31.7 Å². The monoisotopic (exact) mass is 502 g/mol. The van der Waals surface area contributed by atoms with E-state index in [0.717, 1.165) is 56.4 Å². The van der Waals surface area contributed by atoms with E-state index in [-0.39, 0.29) is 30.0 Å². The van der Waals surface area contributed by atoms with Crippen molar-refractivity contribution < 1.29 is 14.7 Å². The first-order valence-corrected chi connectivity index (χ1v) is 12.8. The number of anilines is 1. The third-order valence-corrected chi connectivity index (χ3v) is 7.74. The maximum Gasteiger partial charge on any atom is 0.305 e. The van der Waals surface area contributed by atoms with Gasteiger partial charge < -0.3 is 10.0 Å². The van der Waals surface area contributed by atoms with Gasteiger partial charge in [-0.2, -0.15) is 5.26 Å². The minimum absolute atomic E-state index is 0.00658. The number of hydrogen-bond acceptors (Lipinski definition) is 7. The van der Waals surface area contributed by atoms with Crippen molar-refractivity contribution in [1.29, 1.82) is 5.26 Å². The van der Waals surface area contributed by atoms with Gasteiger partial charge in [-0.3, -0.25) is 23.9 Å². The van der Waals surface area contributed by atoms with E-state index in [9.17, 15) is 19.6 Å². The van der Waals surface area contributed by atoms with Crippen molar-refractivity contribution in [2.45, 2.75) is 59.4 Å². The second kappa shape index (κ2) is 11.2. The summed E-state index contributed by atoms with van der Waals surface area (Å²) >= 11 is 6.46. The number of carbonyl (C=O) groups is 2. The van der Waals surface area contributed by atoms with Gasteiger partial charge in [-0.1, -0.05) is 44.2 Å². The number of pyridine rings is 1. The van der Waals surface area contributed by atoms with Crippen molar-refractivity contribution in [3.05, 3.63) is 31.9 Å². The molecule has 0 radical (unpaired) electrons. The highest BCUT2D eigenvalue weighted by Crippen LogP contribution is 2.36. The molecule has 0 unspecified atom stereocenters. The summed E-state index contributed by atoms with van der Waals surface area (Å²) in [4.78, 5) is 41.2. The summed E-state index contributed by atoms with van der Waals surface area (Å²) < 4.78 is 2.01. The van der Waals surface area contributed by atoms with Gasteiger partial charge in [-0.05, 0) is 43.7 Å². The molecule has 0 saturated carbocycles. The number of nitrogens with zero attached hydrogens (tertiary/aromatic N) is 4. The number of nitriles is 1. The summed E-state index contributed by atoms with van der Waals surface area (Å²) in [6, 6.07) is 2.07. The van der Waals surface area contributed by atoms with E-state index in [0.29, 0.717) is 32.8 Å². The van der Waals surface area contributed by atoms with Crippen LogP contribution in [0.1, 0.15) is 62.6 Å². The number of carbonyl (C=O) groups excluding carboxylic acids is 1. The molecule has 0 bridgehead atoms. The van der Waals surface area contributed by atoms with Gasteiger partial charge in [-0.15, -0.1) is 0 Å². The van der Waals surface area contributed by atoms with Crippen molar-refractivity contribution in [2.75, 3.05) is 24.5 Å². The molecule has 1 aromatic rings. The Labute approximate surface area is 209 Å². The molecule has 182 valence electrons. The molecule has 10 heteroatoms. The van der Waals surface area contributed by atoms with Gasteiger partial charge >= 0.3 is 5.97 Å². The van der Waals surface area contributed by atoms with Crippen LogP contribution < -0.4 is 10.5 Å². The van der Waals surface area contributed by atoms with E-state index in [1.54, 1.807) is 17.6 Å². The number of rotatable bonds is 8. The molecule has 2 saturated heterocycles. The molecule has 3 heterocycles. The first kappa shape index (κ1) is 26.0. The molecule has 0 aromatic carbocycles. The maximum absolute atomic E-state index is 13.3. The van der Waals surface area contributed by atoms with Crippen LogP contribution in [-0.2, 0) is 16.1 Å². The van der Waals surface area contributed by atoms with Crippen LogP contribution in [0, 0.1) is 24.2 Å². The first-order chi connectivity index (χ1) is 16.2. The number of piperidine rings is 1. The van der Waals surface area contributed by atoms with Crippen LogP contribution in [0.5, 0.6) is 0 Å². The Morgan fingerprint density at radius 2 is 1.97 bits per heavy atom. The molecule has 2 aliphatic rings. The van der Waals surface area contributed by atoms with Gasteiger partial charge in [0.2, 0.25) is 0 Å². The van der Waals surface area contributed by atoms with Crippen LogP contribution in [0.4, 0.5) is 5.82 Å². The molecule has 0 atom stereocenters. The largest absolute Gasteiger partial charge is 0.481 e. The predicted molar refractivity (Wildman–Crippen MR) is 138 cm³/mol. The van der Waals surface area contributed by atoms with Gasteiger partial charge in [0.05, 0.1) is 11.3 Å². The molecule has 0 aliphatic carbocycles. The van der Waals surface area contributed by atoms with Gasteiger partial charge in [-0.25, -0.2) is 0 Å². The van der Waals surface area contributed by atoms with E-state index in [4.69, 9.17) is 17.3 Å². The molecule has 3 rings (SSSR count). The average Bonchev–Trinajstić information content (AvgIpc) is 3.06. The van der Waals surface area contributed by atoms with E-state index < -0.39 is 5.97 Å². The molecule has 34 heavy (non-hydrogen) atoms. The zero-order valence-electron chi connectivity index (χ0n) is 19.8. The van der Waals surface area contributed by atoms with Crippen molar-refractivity contribution in [2.24, 2.45) is 5.92 Å². The SMILES string of the molecule is CCCCn1c(N2CCC(C)CC2)c(/C=C2/SC(=S)N(CCC(=O)O)C2=O)c(C)c(C#N)c1=O. The smallest absolute Gasteiger partial charge is 0.305 e. The fourth-order valence-electron chi connectivity index (χ4n) is 4.26. The van der Waals surface area contributed by atoms with Crippen molar-refractivity contribution in [1.82, 2.24) is 9.47 Å². The lowest BCUT2D eigenvalue weighted by Crippen LogP contribution is -2.39. The number of aliphatic carboxylic acids is 1. The van der Waals surface area contributed by atoms with E-state index in [1.807, 2.05) is 0 Å². The summed E-state index contributed by atoms with van der Waals surface area (Å²) in [6.45, 7) is 8.10. The van der Waals surface area contributed by atoms with E-state index in [1.165, 1.54) is 4.90 Å². The molecule has 0 spiro atoms. The quantitative estimate of drug-likeness (QED) is 0.423. The lowest BCUT2D eigenvalue weighted by molar-refractivity contribution is -0.137. The number of amides is 1. The zero-order chi connectivity index (χ0) is 25.0. The number of carboxylic acid groups (broad SMARTS) is 1. The Kier molecular flexibility index (Phi) is 8.55. The standard InChI is InChI=1S/C24H30N4O4S2/c1-4-5-9-27-21(26-10-6-15(2)7-11-26)17(16(3)18(14-25)22(27)31)13-19-23(32)28(24(33)34-19)12-8-20(29)30/h13,15H,4-12H2,1-3H3,(H,29,30)/b19-13+. The highest BCUT2D eigenvalue weighted by molar-refractivity contribution is 8.26. The Balaban J connectivity index is 2.16. The molecule has 8 nitrogen and oxygen atoms in total. The lowest BCUT2D eigenvalue weighted by Gasteiger charge is -2.35. The van der Waals surface area contributed by atoms with Gasteiger partial charge in [0.1, 0.15) is 21.8 Å². The second-order valence-corrected chi connectivity index (χ2v) is 10.5. The minimum Gasteiger partial charge on any atom is -0.481 e. The van der Waals surface area contributed by atoms with Crippen LogP contribution in [0.15, 0.2) is 9.70 Å². The lowest BCUT2D eigenvalue weighted by atomic mass is 9.97. The number of thioether (sulfide) groups is 1. The van der Waals surface area contributed by atoms with Gasteiger partial charge in [0.25, 0.3) is 11.5 Å². The number of thiocarbonyl (C=S) groups is 1. The molecule has 2 fully saturated rings. The fourth-order valence-corrected chi connectivity index (χ4v) is 5.55. The third kappa shape index (κ3) is 5.36. The molecule has 1 amide bonds. The van der Waals surface area contributed by atoms with E-state index in [2.05, 4.69) is 24.8 Å².